The Hall–Kier alpha value is -1.88. The average Bonchev–Trinajstić information content (AvgIpc) is 2.63. The lowest BCUT2D eigenvalue weighted by molar-refractivity contribution is -0.384. The number of rotatable bonds is 3. The van der Waals surface area contributed by atoms with Crippen molar-refractivity contribution in [3.63, 3.8) is 0 Å². The van der Waals surface area contributed by atoms with E-state index in [9.17, 15) is 14.9 Å². The maximum absolute atomic E-state index is 11.4. The molecule has 0 spiro atoms. The molecule has 0 atom stereocenters. The first-order valence-electron chi connectivity index (χ1n) is 5.43. The van der Waals surface area contributed by atoms with E-state index in [1.807, 2.05) is 0 Å². The Kier molecular flexibility index (Phi) is 3.34. The number of carbonyl (C=O) groups excluding carboxylic acids is 1. The number of halogens is 1. The standard InChI is InChI=1S/C12H11ClN2O3/c1-7-8(5-6-11(7)16)14-9-3-2-4-10(12(9)13)15(17)18/h2-4,14H,5-6H2,1H3. The predicted octanol–water partition coefficient (Wildman–Crippen LogP) is 3.30. The molecule has 0 saturated heterocycles. The molecule has 0 radical (unpaired) electrons. The van der Waals surface area contributed by atoms with Crippen molar-refractivity contribution in [3.05, 3.63) is 44.6 Å². The number of anilines is 1. The highest BCUT2D eigenvalue weighted by molar-refractivity contribution is 6.35. The Balaban J connectivity index is 2.34. The smallest absolute Gasteiger partial charge is 0.290 e. The fourth-order valence-electron chi connectivity index (χ4n) is 1.86. The summed E-state index contributed by atoms with van der Waals surface area (Å²) in [6, 6.07) is 4.55. The van der Waals surface area contributed by atoms with E-state index < -0.39 is 4.92 Å². The van der Waals surface area contributed by atoms with Crippen molar-refractivity contribution in [2.45, 2.75) is 19.8 Å². The molecule has 18 heavy (non-hydrogen) atoms. The highest BCUT2D eigenvalue weighted by Crippen LogP contribution is 2.34. The summed E-state index contributed by atoms with van der Waals surface area (Å²) in [5.74, 6) is 0.0963. The van der Waals surface area contributed by atoms with Gasteiger partial charge in [0.25, 0.3) is 5.69 Å². The molecular weight excluding hydrogens is 256 g/mol. The fraction of sp³-hybridized carbons (Fsp3) is 0.250. The zero-order chi connectivity index (χ0) is 13.3. The Morgan fingerprint density at radius 2 is 2.11 bits per heavy atom. The van der Waals surface area contributed by atoms with Crippen LogP contribution < -0.4 is 5.32 Å². The number of carbonyl (C=O) groups is 1. The van der Waals surface area contributed by atoms with Gasteiger partial charge in [-0.25, -0.2) is 0 Å². The largest absolute Gasteiger partial charge is 0.357 e. The third kappa shape index (κ3) is 2.22. The van der Waals surface area contributed by atoms with Crippen LogP contribution in [0.1, 0.15) is 19.8 Å². The van der Waals surface area contributed by atoms with E-state index in [2.05, 4.69) is 5.32 Å². The normalized spacial score (nSPS) is 15.1. The molecule has 6 heteroatoms. The molecule has 1 aliphatic carbocycles. The molecule has 2 rings (SSSR count). The highest BCUT2D eigenvalue weighted by Gasteiger charge is 2.21. The molecule has 1 aromatic carbocycles. The minimum absolute atomic E-state index is 0.0575. The van der Waals surface area contributed by atoms with E-state index >= 15 is 0 Å². The zero-order valence-electron chi connectivity index (χ0n) is 9.70. The lowest BCUT2D eigenvalue weighted by atomic mass is 10.2. The summed E-state index contributed by atoms with van der Waals surface area (Å²) < 4.78 is 0. The molecule has 1 aromatic rings. The summed E-state index contributed by atoms with van der Waals surface area (Å²) in [6.45, 7) is 1.74. The molecular formula is C12H11ClN2O3. The maximum atomic E-state index is 11.4. The van der Waals surface area contributed by atoms with Crippen molar-refractivity contribution in [1.29, 1.82) is 0 Å². The van der Waals surface area contributed by atoms with Crippen LogP contribution >= 0.6 is 11.6 Å². The van der Waals surface area contributed by atoms with Gasteiger partial charge in [0.05, 0.1) is 10.6 Å². The quantitative estimate of drug-likeness (QED) is 0.673. The molecule has 0 aromatic heterocycles. The minimum atomic E-state index is -0.533. The molecule has 0 aliphatic heterocycles. The number of Topliss-reactive ketones (excluding diaryl/α,β-unsaturated/α-hetero) is 1. The average molecular weight is 267 g/mol. The van der Waals surface area contributed by atoms with Gasteiger partial charge >= 0.3 is 0 Å². The molecule has 94 valence electrons. The highest BCUT2D eigenvalue weighted by atomic mass is 35.5. The summed E-state index contributed by atoms with van der Waals surface area (Å²) in [5, 5.41) is 13.8. The van der Waals surface area contributed by atoms with Crippen molar-refractivity contribution in [2.75, 3.05) is 5.32 Å². The first-order chi connectivity index (χ1) is 8.50. The van der Waals surface area contributed by atoms with Gasteiger partial charge in [-0.2, -0.15) is 0 Å². The Morgan fingerprint density at radius 1 is 1.39 bits per heavy atom. The first-order valence-corrected chi connectivity index (χ1v) is 5.81. The third-order valence-corrected chi connectivity index (χ3v) is 3.33. The van der Waals surface area contributed by atoms with Gasteiger partial charge in [-0.15, -0.1) is 0 Å². The number of benzene rings is 1. The first kappa shape index (κ1) is 12.6. The van der Waals surface area contributed by atoms with Gasteiger partial charge in [0.1, 0.15) is 5.02 Å². The van der Waals surface area contributed by atoms with Crippen LogP contribution in [0, 0.1) is 10.1 Å². The summed E-state index contributed by atoms with van der Waals surface area (Å²) in [6.07, 6.45) is 1.09. The molecule has 0 amide bonds. The van der Waals surface area contributed by atoms with Crippen LogP contribution in [0.4, 0.5) is 11.4 Å². The van der Waals surface area contributed by atoms with Gasteiger partial charge in [0.2, 0.25) is 0 Å². The Morgan fingerprint density at radius 3 is 2.67 bits per heavy atom. The van der Waals surface area contributed by atoms with E-state index in [-0.39, 0.29) is 16.5 Å². The number of hydrogen-bond acceptors (Lipinski definition) is 4. The van der Waals surface area contributed by atoms with Crippen molar-refractivity contribution in [3.8, 4) is 0 Å². The topological polar surface area (TPSA) is 72.2 Å². The number of nitro benzene ring substituents is 1. The molecule has 5 nitrogen and oxygen atoms in total. The van der Waals surface area contributed by atoms with E-state index in [0.717, 1.165) is 5.70 Å². The van der Waals surface area contributed by atoms with Crippen LogP contribution in [0.5, 0.6) is 0 Å². The van der Waals surface area contributed by atoms with E-state index in [1.54, 1.807) is 19.1 Å². The second-order valence-electron chi connectivity index (χ2n) is 4.05. The Bertz CT molecular complexity index is 566. The maximum Gasteiger partial charge on any atom is 0.290 e. The number of nitro groups is 1. The van der Waals surface area contributed by atoms with Crippen molar-refractivity contribution in [2.24, 2.45) is 0 Å². The lowest BCUT2D eigenvalue weighted by Gasteiger charge is -2.09. The van der Waals surface area contributed by atoms with Crippen LogP contribution in [-0.4, -0.2) is 10.7 Å². The van der Waals surface area contributed by atoms with Gasteiger partial charge in [-0.1, -0.05) is 17.7 Å². The number of nitrogens with zero attached hydrogens (tertiary/aromatic N) is 1. The van der Waals surface area contributed by atoms with Gasteiger partial charge in [-0.05, 0) is 19.4 Å². The van der Waals surface area contributed by atoms with Gasteiger partial charge in [0, 0.05) is 23.8 Å². The monoisotopic (exact) mass is 266 g/mol. The van der Waals surface area contributed by atoms with E-state index in [1.165, 1.54) is 6.07 Å². The lowest BCUT2D eigenvalue weighted by Crippen LogP contribution is -2.01. The van der Waals surface area contributed by atoms with E-state index in [4.69, 9.17) is 11.6 Å². The molecule has 0 fully saturated rings. The van der Waals surface area contributed by atoms with Gasteiger partial charge in [0.15, 0.2) is 5.78 Å². The molecule has 1 aliphatic rings. The van der Waals surface area contributed by atoms with Crippen molar-refractivity contribution < 1.29 is 9.72 Å². The molecule has 1 N–H and O–H groups in total. The number of nitrogens with one attached hydrogen (secondary N) is 1. The number of hydrogen-bond donors (Lipinski definition) is 1. The minimum Gasteiger partial charge on any atom is -0.357 e. The summed E-state index contributed by atoms with van der Waals surface area (Å²) in [7, 11) is 0. The molecule has 0 unspecified atom stereocenters. The van der Waals surface area contributed by atoms with Crippen LogP contribution in [-0.2, 0) is 4.79 Å². The predicted molar refractivity (Wildman–Crippen MR) is 68.7 cm³/mol. The van der Waals surface area contributed by atoms with Crippen LogP contribution in [0.15, 0.2) is 29.5 Å². The van der Waals surface area contributed by atoms with E-state index in [0.29, 0.717) is 24.1 Å². The molecule has 0 bridgehead atoms. The number of ketones is 1. The van der Waals surface area contributed by atoms with Crippen LogP contribution in [0.2, 0.25) is 5.02 Å². The zero-order valence-corrected chi connectivity index (χ0v) is 10.5. The summed E-state index contributed by atoms with van der Waals surface area (Å²) in [5.41, 5.74) is 1.75. The van der Waals surface area contributed by atoms with Crippen molar-refractivity contribution >= 4 is 28.8 Å². The second-order valence-corrected chi connectivity index (χ2v) is 4.43. The summed E-state index contributed by atoms with van der Waals surface area (Å²) >= 11 is 5.95. The van der Waals surface area contributed by atoms with Gasteiger partial charge in [-0.3, -0.25) is 14.9 Å². The van der Waals surface area contributed by atoms with Crippen molar-refractivity contribution in [1.82, 2.24) is 0 Å². The Labute approximate surface area is 109 Å². The SMILES string of the molecule is CC1=C(Nc2cccc([N+](=O)[O-])c2Cl)CCC1=O. The second kappa shape index (κ2) is 4.78. The fourth-order valence-corrected chi connectivity index (χ4v) is 2.10. The van der Waals surface area contributed by atoms with Crippen LogP contribution in [0.25, 0.3) is 0 Å². The third-order valence-electron chi connectivity index (χ3n) is 2.93. The number of allylic oxidation sites excluding steroid dienone is 2. The summed E-state index contributed by atoms with van der Waals surface area (Å²) in [4.78, 5) is 21.6. The van der Waals surface area contributed by atoms with Gasteiger partial charge < -0.3 is 5.32 Å². The van der Waals surface area contributed by atoms with Crippen LogP contribution in [0.3, 0.4) is 0 Å². The molecule has 0 saturated carbocycles. The molecule has 0 heterocycles.